The highest BCUT2D eigenvalue weighted by atomic mass is 32.1. The highest BCUT2D eigenvalue weighted by Gasteiger charge is 2.33. The lowest BCUT2D eigenvalue weighted by atomic mass is 9.94. The van der Waals surface area contributed by atoms with Crippen molar-refractivity contribution in [3.05, 3.63) is 28.5 Å². The Kier molecular flexibility index (Phi) is 2.35. The lowest BCUT2D eigenvalue weighted by molar-refractivity contribution is 0.0901. The Balaban J connectivity index is 2.05. The van der Waals surface area contributed by atoms with E-state index in [0.717, 1.165) is 28.6 Å². The lowest BCUT2D eigenvalue weighted by Gasteiger charge is -2.29. The quantitative estimate of drug-likeness (QED) is 0.859. The van der Waals surface area contributed by atoms with Crippen LogP contribution in [0.3, 0.4) is 0 Å². The van der Waals surface area contributed by atoms with Crippen LogP contribution < -0.4 is 5.32 Å². The standard InChI is InChI=1S/C13H14N2O2S/c1-7-4-5-9(17-7)12-14-8-6-13(2,3)15-11(16)10(8)18-12/h4-5H,6H2,1-3H3,(H,15,16). The van der Waals surface area contributed by atoms with E-state index in [1.807, 2.05) is 32.9 Å². The number of nitrogens with zero attached hydrogens (tertiary/aromatic N) is 1. The summed E-state index contributed by atoms with van der Waals surface area (Å²) in [6.45, 7) is 5.90. The first kappa shape index (κ1) is 11.5. The van der Waals surface area contributed by atoms with Gasteiger partial charge in [0.05, 0.1) is 5.69 Å². The molecular formula is C13H14N2O2S. The molecule has 0 unspecified atom stereocenters. The number of hydrogen-bond acceptors (Lipinski definition) is 4. The molecule has 2 aromatic rings. The summed E-state index contributed by atoms with van der Waals surface area (Å²) in [5.41, 5.74) is 0.645. The van der Waals surface area contributed by atoms with Crippen molar-refractivity contribution in [2.45, 2.75) is 32.7 Å². The van der Waals surface area contributed by atoms with Crippen LogP contribution in [0.2, 0.25) is 0 Å². The van der Waals surface area contributed by atoms with Crippen LogP contribution in [0, 0.1) is 6.92 Å². The Morgan fingerprint density at radius 1 is 1.44 bits per heavy atom. The zero-order chi connectivity index (χ0) is 12.9. The second kappa shape index (κ2) is 3.68. The number of amides is 1. The summed E-state index contributed by atoms with van der Waals surface area (Å²) >= 11 is 1.39. The molecule has 3 heterocycles. The van der Waals surface area contributed by atoms with Crippen molar-refractivity contribution in [1.29, 1.82) is 0 Å². The SMILES string of the molecule is Cc1ccc(-c2nc3c(s2)C(=O)NC(C)(C)C3)o1. The van der Waals surface area contributed by atoms with Gasteiger partial charge in [-0.25, -0.2) is 4.98 Å². The van der Waals surface area contributed by atoms with Gasteiger partial charge in [0.2, 0.25) is 0 Å². The maximum atomic E-state index is 12.0. The van der Waals surface area contributed by atoms with E-state index < -0.39 is 0 Å². The Hall–Kier alpha value is -1.62. The van der Waals surface area contributed by atoms with Crippen molar-refractivity contribution in [3.8, 4) is 10.8 Å². The van der Waals surface area contributed by atoms with Crippen molar-refractivity contribution >= 4 is 17.2 Å². The molecule has 0 bridgehead atoms. The molecule has 1 amide bonds. The third-order valence-electron chi connectivity index (χ3n) is 2.92. The van der Waals surface area contributed by atoms with Gasteiger partial charge in [0, 0.05) is 12.0 Å². The fourth-order valence-electron chi connectivity index (χ4n) is 2.13. The molecule has 0 aliphatic carbocycles. The minimum atomic E-state index is -0.228. The van der Waals surface area contributed by atoms with Gasteiger partial charge >= 0.3 is 0 Å². The Labute approximate surface area is 109 Å². The zero-order valence-corrected chi connectivity index (χ0v) is 11.4. The Bertz CT molecular complexity index is 625. The van der Waals surface area contributed by atoms with Gasteiger partial charge in [0.25, 0.3) is 5.91 Å². The van der Waals surface area contributed by atoms with Gasteiger partial charge in [-0.05, 0) is 32.9 Å². The van der Waals surface area contributed by atoms with Gasteiger partial charge in [0.15, 0.2) is 10.8 Å². The number of nitrogens with one attached hydrogen (secondary N) is 1. The van der Waals surface area contributed by atoms with Crippen molar-refractivity contribution in [2.75, 3.05) is 0 Å². The van der Waals surface area contributed by atoms with Crippen LogP contribution in [0.1, 0.15) is 35.0 Å². The number of thiazole rings is 1. The zero-order valence-electron chi connectivity index (χ0n) is 10.5. The molecule has 5 heteroatoms. The predicted molar refractivity (Wildman–Crippen MR) is 69.8 cm³/mol. The lowest BCUT2D eigenvalue weighted by Crippen LogP contribution is -2.48. The average Bonchev–Trinajstić information content (AvgIpc) is 2.82. The summed E-state index contributed by atoms with van der Waals surface area (Å²) in [4.78, 5) is 17.2. The van der Waals surface area contributed by atoms with Crippen molar-refractivity contribution in [2.24, 2.45) is 0 Å². The number of carbonyl (C=O) groups is 1. The maximum Gasteiger partial charge on any atom is 0.263 e. The number of furan rings is 1. The first-order valence-corrected chi connectivity index (χ1v) is 6.65. The highest BCUT2D eigenvalue weighted by molar-refractivity contribution is 7.17. The predicted octanol–water partition coefficient (Wildman–Crippen LogP) is 2.78. The molecule has 3 rings (SSSR count). The third-order valence-corrected chi connectivity index (χ3v) is 4.03. The maximum absolute atomic E-state index is 12.0. The molecule has 94 valence electrons. The van der Waals surface area contributed by atoms with E-state index in [2.05, 4.69) is 10.3 Å². The molecule has 0 saturated heterocycles. The number of carbonyl (C=O) groups excluding carboxylic acids is 1. The van der Waals surface area contributed by atoms with Crippen LogP contribution >= 0.6 is 11.3 Å². The van der Waals surface area contributed by atoms with Gasteiger partial charge < -0.3 is 9.73 Å². The number of aromatic nitrogens is 1. The molecule has 0 atom stereocenters. The van der Waals surface area contributed by atoms with Gasteiger partial charge in [-0.1, -0.05) is 0 Å². The van der Waals surface area contributed by atoms with Crippen molar-refractivity contribution < 1.29 is 9.21 Å². The van der Waals surface area contributed by atoms with E-state index in [4.69, 9.17) is 4.42 Å². The summed E-state index contributed by atoms with van der Waals surface area (Å²) in [6, 6.07) is 3.79. The molecule has 4 nitrogen and oxygen atoms in total. The third kappa shape index (κ3) is 1.84. The number of rotatable bonds is 1. The molecular weight excluding hydrogens is 248 g/mol. The topological polar surface area (TPSA) is 55.1 Å². The van der Waals surface area contributed by atoms with E-state index >= 15 is 0 Å². The minimum absolute atomic E-state index is 0.0340. The second-order valence-electron chi connectivity index (χ2n) is 5.22. The summed E-state index contributed by atoms with van der Waals surface area (Å²) < 4.78 is 5.55. The van der Waals surface area contributed by atoms with E-state index in [9.17, 15) is 4.79 Å². The largest absolute Gasteiger partial charge is 0.459 e. The molecule has 0 radical (unpaired) electrons. The van der Waals surface area contributed by atoms with Crippen LogP contribution in [-0.2, 0) is 6.42 Å². The van der Waals surface area contributed by atoms with Gasteiger partial charge in [-0.15, -0.1) is 11.3 Å². The molecule has 0 spiro atoms. The molecule has 1 aliphatic heterocycles. The van der Waals surface area contributed by atoms with Gasteiger partial charge in [-0.2, -0.15) is 0 Å². The number of fused-ring (bicyclic) bond motifs is 1. The van der Waals surface area contributed by atoms with E-state index in [1.54, 1.807) is 0 Å². The average molecular weight is 262 g/mol. The number of hydrogen-bond donors (Lipinski definition) is 1. The van der Waals surface area contributed by atoms with Crippen LogP contribution in [0.5, 0.6) is 0 Å². The fraction of sp³-hybridized carbons (Fsp3) is 0.385. The van der Waals surface area contributed by atoms with E-state index in [1.165, 1.54) is 11.3 Å². The Morgan fingerprint density at radius 2 is 2.22 bits per heavy atom. The number of aryl methyl sites for hydroxylation is 1. The van der Waals surface area contributed by atoms with E-state index in [-0.39, 0.29) is 11.4 Å². The first-order valence-electron chi connectivity index (χ1n) is 5.84. The first-order chi connectivity index (χ1) is 8.44. The molecule has 18 heavy (non-hydrogen) atoms. The molecule has 0 aromatic carbocycles. The summed E-state index contributed by atoms with van der Waals surface area (Å²) in [5, 5.41) is 3.76. The smallest absolute Gasteiger partial charge is 0.263 e. The van der Waals surface area contributed by atoms with E-state index in [0.29, 0.717) is 4.88 Å². The van der Waals surface area contributed by atoms with Crippen molar-refractivity contribution in [3.63, 3.8) is 0 Å². The Morgan fingerprint density at radius 3 is 2.89 bits per heavy atom. The molecule has 0 fully saturated rings. The van der Waals surface area contributed by atoms with Crippen LogP contribution in [0.25, 0.3) is 10.8 Å². The monoisotopic (exact) mass is 262 g/mol. The molecule has 1 N–H and O–H groups in total. The highest BCUT2D eigenvalue weighted by Crippen LogP contribution is 2.33. The van der Waals surface area contributed by atoms with Crippen molar-refractivity contribution in [1.82, 2.24) is 10.3 Å². The molecule has 2 aromatic heterocycles. The normalized spacial score (nSPS) is 17.4. The summed E-state index contributed by atoms with van der Waals surface area (Å²) in [7, 11) is 0. The molecule has 1 aliphatic rings. The van der Waals surface area contributed by atoms with Crippen LogP contribution in [-0.4, -0.2) is 16.4 Å². The van der Waals surface area contributed by atoms with Gasteiger partial charge in [-0.3, -0.25) is 4.79 Å². The van der Waals surface area contributed by atoms with Gasteiger partial charge in [0.1, 0.15) is 10.6 Å². The second-order valence-corrected chi connectivity index (χ2v) is 6.22. The summed E-state index contributed by atoms with van der Waals surface area (Å²) in [5.74, 6) is 1.55. The fourth-order valence-corrected chi connectivity index (χ4v) is 3.07. The van der Waals surface area contributed by atoms with Crippen LogP contribution in [0.15, 0.2) is 16.5 Å². The van der Waals surface area contributed by atoms with Crippen LogP contribution in [0.4, 0.5) is 0 Å². The molecule has 0 saturated carbocycles. The summed E-state index contributed by atoms with van der Waals surface area (Å²) in [6.07, 6.45) is 0.754. The minimum Gasteiger partial charge on any atom is -0.459 e.